The maximum absolute atomic E-state index is 16.3. The molecular weight excluding hydrogens is 853 g/mol. The molecule has 340 valence electrons. The molecule has 0 bridgehead atoms. The first-order valence-electron chi connectivity index (χ1n) is 22.4. The number of nitro groups is 1. The number of phenols is 1. The van der Waals surface area contributed by atoms with Gasteiger partial charge >= 0.3 is 12.1 Å². The molecule has 4 aliphatic rings. The number of aromatic hydroxyl groups is 1. The van der Waals surface area contributed by atoms with E-state index < -0.39 is 70.0 Å². The molecule has 2 saturated heterocycles. The molecule has 14 heteroatoms. The Morgan fingerprint density at radius 1 is 0.866 bits per heavy atom. The van der Waals surface area contributed by atoms with Crippen molar-refractivity contribution in [2.75, 3.05) is 11.4 Å². The fraction of sp³-hybridized carbons (Fsp3) is 0.283. The summed E-state index contributed by atoms with van der Waals surface area (Å²) < 4.78 is 12.3. The van der Waals surface area contributed by atoms with Gasteiger partial charge in [-0.3, -0.25) is 29.4 Å². The van der Waals surface area contributed by atoms with Crippen molar-refractivity contribution < 1.29 is 43.8 Å². The molecular formula is C53H48N4O10. The van der Waals surface area contributed by atoms with Crippen molar-refractivity contribution in [1.82, 2.24) is 10.2 Å². The number of carbonyl (C=O) groups excluding carboxylic acids is 4. The molecule has 3 heterocycles. The van der Waals surface area contributed by atoms with Gasteiger partial charge in [-0.2, -0.15) is 0 Å². The molecule has 1 saturated carbocycles. The van der Waals surface area contributed by atoms with E-state index in [0.717, 1.165) is 30.6 Å². The molecule has 5 aromatic carbocycles. The summed E-state index contributed by atoms with van der Waals surface area (Å²) in [5.41, 5.74) is -0.655. The summed E-state index contributed by atoms with van der Waals surface area (Å²) in [5, 5.41) is 36.6. The normalized spacial score (nSPS) is 24.0. The first-order chi connectivity index (χ1) is 32.4. The third-order valence-corrected chi connectivity index (χ3v) is 13.4. The molecule has 3 fully saturated rings. The number of nitrogens with zero attached hydrogens (tertiary/aromatic N) is 3. The lowest BCUT2D eigenvalue weighted by Crippen LogP contribution is -2.55. The number of aliphatic hydroxyl groups is 1. The number of esters is 1. The summed E-state index contributed by atoms with van der Waals surface area (Å²) >= 11 is 0. The number of hydrogen-bond donors (Lipinski definition) is 3. The lowest BCUT2D eigenvalue weighted by Gasteiger charge is -2.46. The van der Waals surface area contributed by atoms with E-state index >= 15 is 14.4 Å². The quantitative estimate of drug-likeness (QED) is 0.0324. The molecule has 9 rings (SSSR count). The van der Waals surface area contributed by atoms with E-state index in [1.54, 1.807) is 30.3 Å². The Kier molecular flexibility index (Phi) is 12.2. The molecule has 1 aliphatic carbocycles. The van der Waals surface area contributed by atoms with E-state index in [1.807, 2.05) is 65.6 Å². The Morgan fingerprint density at radius 2 is 1.52 bits per heavy atom. The van der Waals surface area contributed by atoms with Crippen LogP contribution < -0.4 is 10.2 Å². The monoisotopic (exact) mass is 900 g/mol. The summed E-state index contributed by atoms with van der Waals surface area (Å²) in [5.74, 6) is 2.29. The van der Waals surface area contributed by atoms with E-state index in [-0.39, 0.29) is 35.8 Å². The van der Waals surface area contributed by atoms with Gasteiger partial charge < -0.3 is 25.0 Å². The minimum absolute atomic E-state index is 0.0298. The molecule has 6 atom stereocenters. The average Bonchev–Trinajstić information content (AvgIpc) is 3.68. The highest BCUT2D eigenvalue weighted by molar-refractivity contribution is 6.23. The van der Waals surface area contributed by atoms with Gasteiger partial charge in [0, 0.05) is 24.2 Å². The van der Waals surface area contributed by atoms with Crippen molar-refractivity contribution in [3.05, 3.63) is 184 Å². The predicted molar refractivity (Wildman–Crippen MR) is 246 cm³/mol. The summed E-state index contributed by atoms with van der Waals surface area (Å²) in [4.78, 5) is 75.0. The Balaban J connectivity index is 1.30. The number of nitrogens with one attached hydrogen (secondary N) is 1. The Bertz CT molecular complexity index is 2780. The summed E-state index contributed by atoms with van der Waals surface area (Å²) in [6, 6.07) is 31.5. The van der Waals surface area contributed by atoms with Gasteiger partial charge in [-0.05, 0) is 96.0 Å². The molecule has 67 heavy (non-hydrogen) atoms. The molecule has 3 aliphatic heterocycles. The van der Waals surface area contributed by atoms with Gasteiger partial charge in [-0.25, -0.2) is 9.69 Å². The van der Waals surface area contributed by atoms with Crippen molar-refractivity contribution in [3.63, 3.8) is 0 Å². The zero-order chi connectivity index (χ0) is 46.9. The van der Waals surface area contributed by atoms with Gasteiger partial charge in [0.1, 0.15) is 35.5 Å². The van der Waals surface area contributed by atoms with Gasteiger partial charge in [0.25, 0.3) is 5.69 Å². The van der Waals surface area contributed by atoms with Crippen LogP contribution in [0, 0.1) is 27.9 Å². The summed E-state index contributed by atoms with van der Waals surface area (Å²) in [6.07, 6.45) is 3.97. The lowest BCUT2D eigenvalue weighted by atomic mass is 9.65. The first kappa shape index (κ1) is 44.6. The third-order valence-electron chi connectivity index (χ3n) is 13.4. The Hall–Kier alpha value is -7.60. The Labute approximate surface area is 387 Å². The molecule has 0 unspecified atom stereocenters. The number of cyclic esters (lactones) is 1. The number of amides is 3. The molecule has 3 N–H and O–H groups in total. The van der Waals surface area contributed by atoms with Crippen molar-refractivity contribution >= 4 is 35.3 Å². The zero-order valence-corrected chi connectivity index (χ0v) is 36.5. The largest absolute Gasteiger partial charge is 0.508 e. The van der Waals surface area contributed by atoms with Gasteiger partial charge in [0.05, 0.1) is 28.6 Å². The van der Waals surface area contributed by atoms with Crippen molar-refractivity contribution in [2.45, 2.75) is 80.4 Å². The minimum Gasteiger partial charge on any atom is -0.508 e. The highest BCUT2D eigenvalue weighted by Crippen LogP contribution is 2.66. The van der Waals surface area contributed by atoms with Crippen LogP contribution in [0.1, 0.15) is 90.1 Å². The third kappa shape index (κ3) is 8.10. The summed E-state index contributed by atoms with van der Waals surface area (Å²) in [6.45, 7) is 3.39. The smallest absolute Gasteiger partial charge is 0.421 e. The van der Waals surface area contributed by atoms with Crippen molar-refractivity contribution in [3.8, 4) is 17.6 Å². The van der Waals surface area contributed by atoms with E-state index in [1.165, 1.54) is 42.5 Å². The fourth-order valence-electron chi connectivity index (χ4n) is 10.5. The predicted octanol–water partition coefficient (Wildman–Crippen LogP) is 8.04. The number of non-ortho nitro benzene ring substituents is 1. The van der Waals surface area contributed by atoms with Crippen LogP contribution in [0.2, 0.25) is 0 Å². The second-order valence-corrected chi connectivity index (χ2v) is 17.4. The molecule has 3 amide bonds. The molecule has 0 radical (unpaired) electrons. The molecule has 14 nitrogen and oxygen atoms in total. The van der Waals surface area contributed by atoms with Gasteiger partial charge in [0.15, 0.2) is 0 Å². The molecule has 5 aromatic rings. The number of ether oxygens (including phenoxy) is 2. The number of rotatable bonds is 9. The number of hydrogen-bond acceptors (Lipinski definition) is 11. The number of imide groups is 1. The van der Waals surface area contributed by atoms with Gasteiger partial charge in [-0.15, -0.1) is 6.58 Å². The number of nitro benzene ring substituents is 1. The Morgan fingerprint density at radius 3 is 2.16 bits per heavy atom. The number of benzene rings is 5. The number of anilines is 1. The van der Waals surface area contributed by atoms with E-state index in [0.29, 0.717) is 40.7 Å². The van der Waals surface area contributed by atoms with Crippen LogP contribution in [-0.4, -0.2) is 62.1 Å². The zero-order valence-electron chi connectivity index (χ0n) is 36.5. The van der Waals surface area contributed by atoms with Gasteiger partial charge in [0.2, 0.25) is 11.8 Å². The number of morpholine rings is 1. The maximum atomic E-state index is 16.3. The maximum Gasteiger partial charge on any atom is 0.421 e. The average molecular weight is 901 g/mol. The summed E-state index contributed by atoms with van der Waals surface area (Å²) in [7, 11) is 0. The van der Waals surface area contributed by atoms with Crippen LogP contribution in [-0.2, 0) is 35.9 Å². The second-order valence-electron chi connectivity index (χ2n) is 17.4. The number of fused-ring (bicyclic) bond motifs is 3. The van der Waals surface area contributed by atoms with Crippen LogP contribution in [0.4, 0.5) is 16.2 Å². The molecule has 0 aromatic heterocycles. The standard InChI is InChI=1S/C53H48N4O10/c1-2-31-54-48(59)43-45-49(60)67-46(37-15-9-6-10-16-37)44(36-13-7-5-8-14-36)56(45)47(38-20-24-40(58)25-21-38)53(43)41-32-34(27-30-52(63)28-11-3-4-12-29-52)19-26-42(41)55(50(53)61)51(62)66-33-35-17-22-39(23-18-35)57(64)65/h2,5-10,13-26,32,43-47,58,63H,1,3-4,11-12,28-29,31,33H2,(H,54,59)/t43-,44-,45-,46+,47+,53-/m1/s1. The van der Waals surface area contributed by atoms with Crippen LogP contribution >= 0.6 is 0 Å². The van der Waals surface area contributed by atoms with E-state index in [9.17, 15) is 25.1 Å². The lowest BCUT2D eigenvalue weighted by molar-refractivity contribution is -0.384. The second kappa shape index (κ2) is 18.4. The number of phenolic OH excluding ortho intramolecular Hbond substituents is 1. The van der Waals surface area contributed by atoms with Crippen LogP contribution in [0.5, 0.6) is 5.75 Å². The SMILES string of the molecule is C=CCNC(=O)[C@H]1[C@@H]2C(=O)O[C@@H](c3ccccc3)[C@@H](c3ccccc3)N2[C@@H](c2ccc(O)cc2)[C@]12C(=O)N(C(=O)OCc1ccc([N+](=O)[O-])cc1)c1ccc(C#CC3(O)CCCCCC3)cc12. The van der Waals surface area contributed by atoms with Crippen molar-refractivity contribution in [1.29, 1.82) is 0 Å². The number of carbonyl (C=O) groups is 4. The topological polar surface area (TPSA) is 189 Å². The van der Waals surface area contributed by atoms with Crippen LogP contribution in [0.3, 0.4) is 0 Å². The van der Waals surface area contributed by atoms with Crippen molar-refractivity contribution in [2.24, 2.45) is 5.92 Å². The van der Waals surface area contributed by atoms with E-state index in [4.69, 9.17) is 9.47 Å². The van der Waals surface area contributed by atoms with E-state index in [2.05, 4.69) is 23.7 Å². The van der Waals surface area contributed by atoms with Crippen LogP contribution in [0.25, 0.3) is 0 Å². The highest BCUT2D eigenvalue weighted by atomic mass is 16.6. The van der Waals surface area contributed by atoms with Crippen LogP contribution in [0.15, 0.2) is 140 Å². The highest BCUT2D eigenvalue weighted by Gasteiger charge is 2.75. The fourth-order valence-corrected chi connectivity index (χ4v) is 10.5. The van der Waals surface area contributed by atoms with Gasteiger partial charge in [-0.1, -0.05) is 104 Å². The first-order valence-corrected chi connectivity index (χ1v) is 22.4. The molecule has 1 spiro atoms. The minimum atomic E-state index is -2.11.